The molecule has 122 valence electrons. The van der Waals surface area contributed by atoms with Crippen molar-refractivity contribution in [3.8, 4) is 5.75 Å². The van der Waals surface area contributed by atoms with Gasteiger partial charge in [0.15, 0.2) is 6.61 Å². The van der Waals surface area contributed by atoms with Crippen LogP contribution in [-0.4, -0.2) is 41.4 Å². The Labute approximate surface area is 157 Å². The quantitative estimate of drug-likeness (QED) is 0.290. The van der Waals surface area contributed by atoms with Crippen LogP contribution in [0.3, 0.4) is 0 Å². The minimum atomic E-state index is -0.437. The minimum Gasteiger partial charge on any atom is -0.481 e. The Hall–Kier alpha value is -1.13. The lowest BCUT2D eigenvalue weighted by atomic mass is 10.2. The molecule has 1 aliphatic heterocycles. The van der Waals surface area contributed by atoms with Gasteiger partial charge in [0.1, 0.15) is 10.1 Å². The summed E-state index contributed by atoms with van der Waals surface area (Å²) in [7, 11) is 1.31. The Balaban J connectivity index is 2.15. The number of carbonyl (C=O) groups excluding carboxylic acids is 2. The number of thiocarbonyl (C=S) groups is 1. The molecule has 23 heavy (non-hydrogen) atoms. The maximum atomic E-state index is 12.2. The van der Waals surface area contributed by atoms with Crippen LogP contribution in [0.1, 0.15) is 12.5 Å². The van der Waals surface area contributed by atoms with E-state index < -0.39 is 5.97 Å². The van der Waals surface area contributed by atoms with Crippen molar-refractivity contribution < 1.29 is 19.1 Å². The van der Waals surface area contributed by atoms with Crippen LogP contribution in [0.25, 0.3) is 6.08 Å². The van der Waals surface area contributed by atoms with Gasteiger partial charge in [-0.25, -0.2) is 4.79 Å². The van der Waals surface area contributed by atoms with Crippen LogP contribution in [0.2, 0.25) is 0 Å². The van der Waals surface area contributed by atoms with Crippen molar-refractivity contribution in [2.75, 3.05) is 20.3 Å². The van der Waals surface area contributed by atoms with Crippen molar-refractivity contribution in [1.29, 1.82) is 0 Å². The van der Waals surface area contributed by atoms with Gasteiger partial charge < -0.3 is 9.47 Å². The van der Waals surface area contributed by atoms with Crippen LogP contribution in [-0.2, 0) is 14.3 Å². The molecule has 1 fully saturated rings. The van der Waals surface area contributed by atoms with Crippen molar-refractivity contribution in [2.24, 2.45) is 0 Å². The van der Waals surface area contributed by atoms with Crippen molar-refractivity contribution >= 4 is 68.8 Å². The number of amides is 1. The second-order valence-corrected chi connectivity index (χ2v) is 7.32. The standard InChI is InChI=1S/C15H14INO4S2/c1-3-17-14(19)12(23-15(17)22)7-9-4-5-11(10(16)6-9)21-8-13(18)20-2/h4-7H,3,8H2,1-2H3. The molecule has 0 aromatic heterocycles. The highest BCUT2D eigenvalue weighted by Gasteiger charge is 2.30. The van der Waals surface area contributed by atoms with Gasteiger partial charge in [-0.1, -0.05) is 30.0 Å². The molecule has 1 aromatic rings. The molecule has 5 nitrogen and oxygen atoms in total. The van der Waals surface area contributed by atoms with Gasteiger partial charge in [0, 0.05) is 6.54 Å². The van der Waals surface area contributed by atoms with Gasteiger partial charge in [0.05, 0.1) is 15.6 Å². The Morgan fingerprint density at radius 1 is 1.48 bits per heavy atom. The third-order valence-corrected chi connectivity index (χ3v) is 5.24. The fraction of sp³-hybridized carbons (Fsp3) is 0.267. The average Bonchev–Trinajstić information content (AvgIpc) is 2.79. The molecule has 0 bridgehead atoms. The first-order valence-electron chi connectivity index (χ1n) is 6.70. The van der Waals surface area contributed by atoms with Crippen LogP contribution < -0.4 is 4.74 Å². The number of carbonyl (C=O) groups is 2. The normalized spacial score (nSPS) is 16.1. The highest BCUT2D eigenvalue weighted by molar-refractivity contribution is 14.1. The molecule has 1 saturated heterocycles. The summed E-state index contributed by atoms with van der Waals surface area (Å²) in [6, 6.07) is 5.47. The molecule has 8 heteroatoms. The van der Waals surface area contributed by atoms with Gasteiger partial charge in [-0.2, -0.15) is 0 Å². The van der Waals surface area contributed by atoms with Crippen molar-refractivity contribution in [3.63, 3.8) is 0 Å². The number of halogens is 1. The Bertz CT molecular complexity index is 690. The summed E-state index contributed by atoms with van der Waals surface area (Å²) in [6.07, 6.45) is 1.81. The Morgan fingerprint density at radius 2 is 2.22 bits per heavy atom. The number of methoxy groups -OCH3 is 1. The number of nitrogens with zero attached hydrogens (tertiary/aromatic N) is 1. The number of hydrogen-bond donors (Lipinski definition) is 0. The summed E-state index contributed by atoms with van der Waals surface area (Å²) >= 11 is 8.61. The lowest BCUT2D eigenvalue weighted by Gasteiger charge is -2.09. The summed E-state index contributed by atoms with van der Waals surface area (Å²) in [4.78, 5) is 25.5. The zero-order valence-electron chi connectivity index (χ0n) is 12.5. The molecule has 1 aliphatic rings. The molecule has 0 atom stereocenters. The van der Waals surface area contributed by atoms with E-state index in [4.69, 9.17) is 17.0 Å². The van der Waals surface area contributed by atoms with E-state index in [-0.39, 0.29) is 12.5 Å². The molecule has 1 heterocycles. The van der Waals surface area contributed by atoms with Gasteiger partial charge in [-0.15, -0.1) is 0 Å². The van der Waals surface area contributed by atoms with Crippen LogP contribution in [0.5, 0.6) is 5.75 Å². The number of hydrogen-bond acceptors (Lipinski definition) is 6. The molecule has 0 unspecified atom stereocenters. The number of benzene rings is 1. The summed E-state index contributed by atoms with van der Waals surface area (Å²) < 4.78 is 11.3. The van der Waals surface area contributed by atoms with Gasteiger partial charge >= 0.3 is 5.97 Å². The SMILES string of the molecule is CCN1C(=O)C(=Cc2ccc(OCC(=O)OC)c(I)c2)SC1=S. The zero-order chi connectivity index (χ0) is 17.0. The van der Waals surface area contributed by atoms with Crippen LogP contribution >= 0.6 is 46.6 Å². The lowest BCUT2D eigenvalue weighted by molar-refractivity contribution is -0.142. The highest BCUT2D eigenvalue weighted by atomic mass is 127. The number of rotatable bonds is 5. The third-order valence-electron chi connectivity index (χ3n) is 3.02. The predicted molar refractivity (Wildman–Crippen MR) is 102 cm³/mol. The molecule has 0 aliphatic carbocycles. The molecule has 2 rings (SSSR count). The van der Waals surface area contributed by atoms with E-state index in [0.29, 0.717) is 21.5 Å². The molecule has 0 saturated carbocycles. The summed E-state index contributed by atoms with van der Waals surface area (Å²) in [5, 5.41) is 0. The molecule has 1 amide bonds. The molecule has 1 aromatic carbocycles. The maximum absolute atomic E-state index is 12.2. The van der Waals surface area contributed by atoms with Crippen molar-refractivity contribution in [3.05, 3.63) is 32.2 Å². The van der Waals surface area contributed by atoms with Crippen molar-refractivity contribution in [2.45, 2.75) is 6.92 Å². The van der Waals surface area contributed by atoms with Crippen LogP contribution in [0.15, 0.2) is 23.1 Å². The van der Waals surface area contributed by atoms with E-state index in [0.717, 1.165) is 9.13 Å². The predicted octanol–water partition coefficient (Wildman–Crippen LogP) is 3.06. The highest BCUT2D eigenvalue weighted by Crippen LogP contribution is 2.33. The summed E-state index contributed by atoms with van der Waals surface area (Å²) in [5.74, 6) is 0.0888. The molecular weight excluding hydrogens is 449 g/mol. The molecule has 0 N–H and O–H groups in total. The first kappa shape index (κ1) is 18.2. The monoisotopic (exact) mass is 463 g/mol. The lowest BCUT2D eigenvalue weighted by Crippen LogP contribution is -2.27. The van der Waals surface area contributed by atoms with E-state index >= 15 is 0 Å². The largest absolute Gasteiger partial charge is 0.481 e. The fourth-order valence-corrected chi connectivity index (χ4v) is 3.92. The van der Waals surface area contributed by atoms with Gasteiger partial charge in [-0.3, -0.25) is 9.69 Å². The fourth-order valence-electron chi connectivity index (χ4n) is 1.84. The van der Waals surface area contributed by atoms with Gasteiger partial charge in [0.2, 0.25) is 0 Å². The summed E-state index contributed by atoms with van der Waals surface area (Å²) in [5.41, 5.74) is 0.872. The number of esters is 1. The maximum Gasteiger partial charge on any atom is 0.343 e. The average molecular weight is 463 g/mol. The van der Waals surface area contributed by atoms with E-state index in [1.165, 1.54) is 18.9 Å². The molecule has 0 radical (unpaired) electrons. The smallest absolute Gasteiger partial charge is 0.343 e. The number of likely N-dealkylation sites (N-methyl/N-ethyl adjacent to an activating group) is 1. The summed E-state index contributed by atoms with van der Waals surface area (Å²) in [6.45, 7) is 2.32. The van der Waals surface area contributed by atoms with E-state index in [1.807, 2.05) is 19.1 Å². The Kier molecular flexibility index (Phi) is 6.42. The molecule has 0 spiro atoms. The van der Waals surface area contributed by atoms with E-state index in [9.17, 15) is 9.59 Å². The van der Waals surface area contributed by atoms with Gasteiger partial charge in [0.25, 0.3) is 5.91 Å². The topological polar surface area (TPSA) is 55.8 Å². The second kappa shape index (κ2) is 8.11. The number of thioether (sulfide) groups is 1. The first-order valence-corrected chi connectivity index (χ1v) is 9.01. The second-order valence-electron chi connectivity index (χ2n) is 4.48. The van der Waals surface area contributed by atoms with Crippen LogP contribution in [0, 0.1) is 3.57 Å². The van der Waals surface area contributed by atoms with Gasteiger partial charge in [-0.05, 0) is 53.3 Å². The van der Waals surface area contributed by atoms with E-state index in [2.05, 4.69) is 27.3 Å². The van der Waals surface area contributed by atoms with E-state index in [1.54, 1.807) is 17.0 Å². The zero-order valence-corrected chi connectivity index (χ0v) is 16.3. The Morgan fingerprint density at radius 3 is 2.78 bits per heavy atom. The molecular formula is C15H14INO4S2. The number of ether oxygens (including phenoxy) is 2. The minimum absolute atomic E-state index is 0.0662. The first-order chi connectivity index (χ1) is 11.0. The van der Waals surface area contributed by atoms with Crippen LogP contribution in [0.4, 0.5) is 0 Å². The van der Waals surface area contributed by atoms with Crippen molar-refractivity contribution in [1.82, 2.24) is 4.90 Å². The third kappa shape index (κ3) is 4.45.